The number of ketones is 1. The summed E-state index contributed by atoms with van der Waals surface area (Å²) in [5.74, 6) is -0.390. The molecule has 1 N–H and O–H groups in total. The van der Waals surface area contributed by atoms with Gasteiger partial charge in [-0.1, -0.05) is 0 Å². The Hall–Kier alpha value is -3.03. The highest BCUT2D eigenvalue weighted by Crippen LogP contribution is 2.12. The van der Waals surface area contributed by atoms with E-state index in [0.717, 1.165) is 4.57 Å². The predicted octanol–water partition coefficient (Wildman–Crippen LogP) is 0.636. The molecular weight excluding hydrogens is 278 g/mol. The molecule has 0 amide bonds. The van der Waals surface area contributed by atoms with Crippen LogP contribution in [0.3, 0.4) is 0 Å². The number of rotatable bonds is 4. The third-order valence-corrected chi connectivity index (χ3v) is 2.90. The summed E-state index contributed by atoms with van der Waals surface area (Å²) < 4.78 is 1.08. The number of Topliss-reactive ketones (excluding diaryl/α,β-unsaturated/α-hetero) is 1. The van der Waals surface area contributed by atoms with Gasteiger partial charge < -0.3 is 0 Å². The van der Waals surface area contributed by atoms with Crippen LogP contribution in [0, 0.1) is 17.0 Å². The Balaban J connectivity index is 2.26. The first kappa shape index (κ1) is 14.4. The normalized spacial score (nSPS) is 10.3. The summed E-state index contributed by atoms with van der Waals surface area (Å²) in [6, 6.07) is 5.08. The van der Waals surface area contributed by atoms with E-state index < -0.39 is 22.0 Å². The largest absolute Gasteiger partial charge is 0.328 e. The summed E-state index contributed by atoms with van der Waals surface area (Å²) in [7, 11) is 0. The summed E-state index contributed by atoms with van der Waals surface area (Å²) in [6.45, 7) is 1.26. The van der Waals surface area contributed by atoms with Crippen LogP contribution < -0.4 is 11.2 Å². The Morgan fingerprint density at radius 3 is 2.48 bits per heavy atom. The van der Waals surface area contributed by atoms with Gasteiger partial charge >= 0.3 is 5.69 Å². The number of nitrogens with one attached hydrogen (secondary N) is 1. The number of non-ortho nitro benzene ring substituents is 1. The maximum absolute atomic E-state index is 12.0. The van der Waals surface area contributed by atoms with Crippen molar-refractivity contribution in [3.8, 4) is 0 Å². The van der Waals surface area contributed by atoms with Gasteiger partial charge in [-0.25, -0.2) is 4.79 Å². The molecule has 2 rings (SSSR count). The minimum atomic E-state index is -0.680. The molecular formula is C13H11N3O5. The summed E-state index contributed by atoms with van der Waals surface area (Å²) in [6.07, 6.45) is 1.30. The highest BCUT2D eigenvalue weighted by molar-refractivity contribution is 5.96. The molecule has 0 saturated heterocycles. The number of hydrogen-bond acceptors (Lipinski definition) is 5. The lowest BCUT2D eigenvalue weighted by atomic mass is 10.1. The molecule has 8 nitrogen and oxygen atoms in total. The van der Waals surface area contributed by atoms with Crippen LogP contribution >= 0.6 is 0 Å². The van der Waals surface area contributed by atoms with Crippen molar-refractivity contribution in [2.24, 2.45) is 0 Å². The SMILES string of the molecule is Cc1cn(CC(=O)c2ccc([N+](=O)[O-])cc2)c(=O)[nH]c1=O. The number of aryl methyl sites for hydroxylation is 1. The maximum Gasteiger partial charge on any atom is 0.328 e. The molecule has 0 unspecified atom stereocenters. The number of aromatic amines is 1. The number of H-pyrrole nitrogens is 1. The quantitative estimate of drug-likeness (QED) is 0.503. The fourth-order valence-corrected chi connectivity index (χ4v) is 1.75. The molecule has 2 aromatic rings. The van der Waals surface area contributed by atoms with Crippen molar-refractivity contribution in [3.05, 3.63) is 72.5 Å². The van der Waals surface area contributed by atoms with Gasteiger partial charge in [0.25, 0.3) is 11.2 Å². The second-order valence-electron chi connectivity index (χ2n) is 4.43. The molecule has 8 heteroatoms. The molecule has 1 aromatic heterocycles. The van der Waals surface area contributed by atoms with Crippen molar-refractivity contribution >= 4 is 11.5 Å². The number of benzene rings is 1. The van der Waals surface area contributed by atoms with Crippen LogP contribution in [0.25, 0.3) is 0 Å². The van der Waals surface area contributed by atoms with E-state index in [0.29, 0.717) is 5.56 Å². The Morgan fingerprint density at radius 1 is 1.29 bits per heavy atom. The van der Waals surface area contributed by atoms with E-state index >= 15 is 0 Å². The molecule has 0 atom stereocenters. The molecule has 0 spiro atoms. The van der Waals surface area contributed by atoms with Crippen LogP contribution in [-0.4, -0.2) is 20.3 Å². The number of carbonyl (C=O) groups is 1. The monoisotopic (exact) mass is 289 g/mol. The van der Waals surface area contributed by atoms with Gasteiger partial charge in [-0.2, -0.15) is 0 Å². The van der Waals surface area contributed by atoms with Gasteiger partial charge in [0.1, 0.15) is 0 Å². The van der Waals surface area contributed by atoms with E-state index in [2.05, 4.69) is 4.98 Å². The Kier molecular flexibility index (Phi) is 3.79. The van der Waals surface area contributed by atoms with Crippen molar-refractivity contribution in [2.75, 3.05) is 0 Å². The summed E-state index contributed by atoms with van der Waals surface area (Å²) >= 11 is 0. The van der Waals surface area contributed by atoms with E-state index in [-0.39, 0.29) is 17.8 Å². The van der Waals surface area contributed by atoms with E-state index in [1.54, 1.807) is 0 Å². The van der Waals surface area contributed by atoms with Gasteiger partial charge in [0.15, 0.2) is 5.78 Å². The van der Waals surface area contributed by atoms with Crippen LogP contribution in [0.2, 0.25) is 0 Å². The van der Waals surface area contributed by atoms with Gasteiger partial charge in [0.2, 0.25) is 0 Å². The first-order valence-corrected chi connectivity index (χ1v) is 5.96. The molecule has 1 aromatic carbocycles. The van der Waals surface area contributed by atoms with Gasteiger partial charge in [-0.05, 0) is 19.1 Å². The third kappa shape index (κ3) is 3.11. The minimum absolute atomic E-state index is 0.122. The maximum atomic E-state index is 12.0. The van der Waals surface area contributed by atoms with Crippen molar-refractivity contribution in [2.45, 2.75) is 13.5 Å². The fourth-order valence-electron chi connectivity index (χ4n) is 1.75. The van der Waals surface area contributed by atoms with Crippen LogP contribution in [0.5, 0.6) is 0 Å². The second kappa shape index (κ2) is 5.53. The molecule has 0 radical (unpaired) electrons. The number of nitrogens with zero attached hydrogens (tertiary/aromatic N) is 2. The lowest BCUT2D eigenvalue weighted by molar-refractivity contribution is -0.384. The van der Waals surface area contributed by atoms with E-state index in [1.807, 2.05) is 0 Å². The number of nitro groups is 1. The topological polar surface area (TPSA) is 115 Å². The number of carbonyl (C=O) groups excluding carboxylic acids is 1. The molecule has 0 aliphatic rings. The van der Waals surface area contributed by atoms with Crippen molar-refractivity contribution in [1.82, 2.24) is 9.55 Å². The first-order chi connectivity index (χ1) is 9.88. The lowest BCUT2D eigenvalue weighted by Crippen LogP contribution is -2.32. The van der Waals surface area contributed by atoms with Crippen LogP contribution in [0.15, 0.2) is 40.1 Å². The number of aromatic nitrogens is 2. The van der Waals surface area contributed by atoms with Crippen molar-refractivity contribution < 1.29 is 9.72 Å². The number of nitro benzene ring substituents is 1. The predicted molar refractivity (Wildman–Crippen MR) is 73.5 cm³/mol. The molecule has 21 heavy (non-hydrogen) atoms. The Labute approximate surface area is 117 Å². The minimum Gasteiger partial charge on any atom is -0.293 e. The fraction of sp³-hybridized carbons (Fsp3) is 0.154. The summed E-state index contributed by atoms with van der Waals surface area (Å²) in [5, 5.41) is 10.5. The molecule has 0 saturated carbocycles. The average molecular weight is 289 g/mol. The molecule has 0 bridgehead atoms. The molecule has 0 aliphatic carbocycles. The molecule has 0 aliphatic heterocycles. The summed E-state index contributed by atoms with van der Waals surface area (Å²) in [5.41, 5.74) is -0.744. The number of hydrogen-bond donors (Lipinski definition) is 1. The molecule has 0 fully saturated rings. The van der Waals surface area contributed by atoms with E-state index in [9.17, 15) is 24.5 Å². The van der Waals surface area contributed by atoms with Crippen LogP contribution in [-0.2, 0) is 6.54 Å². The zero-order valence-electron chi connectivity index (χ0n) is 11.0. The van der Waals surface area contributed by atoms with Crippen molar-refractivity contribution in [3.63, 3.8) is 0 Å². The standard InChI is InChI=1S/C13H11N3O5/c1-8-6-15(13(19)14-12(8)18)7-11(17)9-2-4-10(5-3-9)16(20)21/h2-6H,7H2,1H3,(H,14,18,19). The smallest absolute Gasteiger partial charge is 0.293 e. The van der Waals surface area contributed by atoms with E-state index in [4.69, 9.17) is 0 Å². The third-order valence-electron chi connectivity index (χ3n) is 2.90. The Morgan fingerprint density at radius 2 is 1.90 bits per heavy atom. The first-order valence-electron chi connectivity index (χ1n) is 5.96. The van der Waals surface area contributed by atoms with Gasteiger partial charge in [-0.3, -0.25) is 29.3 Å². The second-order valence-corrected chi connectivity index (χ2v) is 4.43. The highest BCUT2D eigenvalue weighted by Gasteiger charge is 2.11. The van der Waals surface area contributed by atoms with E-state index in [1.165, 1.54) is 37.4 Å². The Bertz CT molecular complexity index is 817. The lowest BCUT2D eigenvalue weighted by Gasteiger charge is -2.05. The molecule has 108 valence electrons. The van der Waals surface area contributed by atoms with Crippen molar-refractivity contribution in [1.29, 1.82) is 0 Å². The zero-order chi connectivity index (χ0) is 15.6. The van der Waals surface area contributed by atoms with Crippen LogP contribution in [0.4, 0.5) is 5.69 Å². The zero-order valence-corrected chi connectivity index (χ0v) is 11.0. The molecule has 1 heterocycles. The average Bonchev–Trinajstić information content (AvgIpc) is 2.44. The van der Waals surface area contributed by atoms with Crippen LogP contribution in [0.1, 0.15) is 15.9 Å². The highest BCUT2D eigenvalue weighted by atomic mass is 16.6. The van der Waals surface area contributed by atoms with Gasteiger partial charge in [0, 0.05) is 29.5 Å². The summed E-state index contributed by atoms with van der Waals surface area (Å²) in [4.78, 5) is 46.9. The van der Waals surface area contributed by atoms with Gasteiger partial charge in [-0.15, -0.1) is 0 Å². The van der Waals surface area contributed by atoms with Gasteiger partial charge in [0.05, 0.1) is 11.5 Å².